The summed E-state index contributed by atoms with van der Waals surface area (Å²) in [7, 11) is 0. The molecule has 1 saturated carbocycles. The van der Waals surface area contributed by atoms with Gasteiger partial charge in [-0.1, -0.05) is 0 Å². The van der Waals surface area contributed by atoms with E-state index in [1.165, 1.54) is 0 Å². The second-order valence-corrected chi connectivity index (χ2v) is 5.12. The van der Waals surface area contributed by atoms with Crippen molar-refractivity contribution in [3.63, 3.8) is 0 Å². The monoisotopic (exact) mass is 280 g/mol. The maximum atomic E-state index is 12.1. The summed E-state index contributed by atoms with van der Waals surface area (Å²) in [6, 6.07) is 0. The summed E-state index contributed by atoms with van der Waals surface area (Å²) < 4.78 is 5.67. The first-order valence-electron chi connectivity index (χ1n) is 6.96. The van der Waals surface area contributed by atoms with Crippen molar-refractivity contribution in [2.45, 2.75) is 45.6 Å². The Labute approximate surface area is 117 Å². The van der Waals surface area contributed by atoms with Crippen LogP contribution in [0.1, 0.15) is 49.4 Å². The number of aromatic amines is 1. The molecule has 0 aliphatic heterocycles. The van der Waals surface area contributed by atoms with Gasteiger partial charge in [0.05, 0.1) is 0 Å². The van der Waals surface area contributed by atoms with Gasteiger partial charge in [0.2, 0.25) is 0 Å². The number of hydrogen-bond acceptors (Lipinski definition) is 4. The number of rotatable bonds is 7. The van der Waals surface area contributed by atoms with Gasteiger partial charge in [-0.2, -0.15) is 0 Å². The minimum Gasteiger partial charge on any atom is -0.481 e. The molecule has 1 aromatic heterocycles. The molecule has 1 heterocycles. The predicted octanol–water partition coefficient (Wildman–Crippen LogP) is 1.58. The molecule has 0 saturated heterocycles. The number of aromatic nitrogens is 2. The van der Waals surface area contributed by atoms with Crippen LogP contribution in [0.2, 0.25) is 0 Å². The first-order valence-corrected chi connectivity index (χ1v) is 6.96. The molecule has 0 amide bonds. The van der Waals surface area contributed by atoms with Crippen molar-refractivity contribution in [2.24, 2.45) is 5.92 Å². The van der Waals surface area contributed by atoms with Crippen LogP contribution in [0.15, 0.2) is 4.79 Å². The average Bonchev–Trinajstić information content (AvgIpc) is 3.18. The molecule has 2 rings (SSSR count). The smallest absolute Gasteiger partial charge is 0.303 e. The van der Waals surface area contributed by atoms with Crippen LogP contribution < -0.4 is 5.56 Å². The third-order valence-electron chi connectivity index (χ3n) is 3.50. The molecule has 1 atom stereocenters. The van der Waals surface area contributed by atoms with E-state index < -0.39 is 5.97 Å². The second kappa shape index (κ2) is 6.17. The van der Waals surface area contributed by atoms with Crippen LogP contribution in [0.3, 0.4) is 0 Å². The molecule has 20 heavy (non-hydrogen) atoms. The number of aryl methyl sites for hydroxylation is 1. The van der Waals surface area contributed by atoms with E-state index in [4.69, 9.17) is 9.84 Å². The number of carbonyl (C=O) groups is 1. The summed E-state index contributed by atoms with van der Waals surface area (Å²) in [5, 5.41) is 8.70. The molecule has 6 nitrogen and oxygen atoms in total. The van der Waals surface area contributed by atoms with Crippen LogP contribution in [0.25, 0.3) is 0 Å². The SMILES string of the molecule is CCOC(c1nc(C)c(CCC(=O)O)c(=O)[nH]1)C1CC1. The van der Waals surface area contributed by atoms with Crippen molar-refractivity contribution in [1.29, 1.82) is 0 Å². The number of carboxylic acids is 1. The number of ether oxygens (including phenoxy) is 1. The van der Waals surface area contributed by atoms with E-state index in [9.17, 15) is 9.59 Å². The summed E-state index contributed by atoms with van der Waals surface area (Å²) in [5.74, 6) is 0.0799. The van der Waals surface area contributed by atoms with Gasteiger partial charge in [0.25, 0.3) is 5.56 Å². The van der Waals surface area contributed by atoms with E-state index in [1.807, 2.05) is 6.92 Å². The number of H-pyrrole nitrogens is 1. The molecule has 0 spiro atoms. The highest BCUT2D eigenvalue weighted by atomic mass is 16.5. The van der Waals surface area contributed by atoms with Gasteiger partial charge in [-0.15, -0.1) is 0 Å². The Bertz CT molecular complexity index is 549. The Balaban J connectivity index is 2.24. The Morgan fingerprint density at radius 3 is 2.75 bits per heavy atom. The van der Waals surface area contributed by atoms with E-state index in [1.54, 1.807) is 6.92 Å². The normalized spacial score (nSPS) is 16.1. The number of nitrogens with one attached hydrogen (secondary N) is 1. The number of hydrogen-bond donors (Lipinski definition) is 2. The fraction of sp³-hybridized carbons (Fsp3) is 0.643. The fourth-order valence-electron chi connectivity index (χ4n) is 2.31. The zero-order valence-electron chi connectivity index (χ0n) is 11.8. The van der Waals surface area contributed by atoms with Crippen molar-refractivity contribution in [1.82, 2.24) is 9.97 Å². The van der Waals surface area contributed by atoms with E-state index in [0.717, 1.165) is 12.8 Å². The average molecular weight is 280 g/mol. The van der Waals surface area contributed by atoms with Crippen LogP contribution in [0, 0.1) is 12.8 Å². The highest BCUT2D eigenvalue weighted by Crippen LogP contribution is 2.42. The summed E-state index contributed by atoms with van der Waals surface area (Å²) in [5.41, 5.74) is 0.789. The van der Waals surface area contributed by atoms with Crippen molar-refractivity contribution >= 4 is 5.97 Å². The standard InChI is InChI=1S/C14H20N2O4/c1-3-20-12(9-4-5-9)13-15-8(2)10(14(19)16-13)6-7-11(17)18/h9,12H,3-7H2,1-2H3,(H,17,18)(H,15,16,19). The minimum absolute atomic E-state index is 0.0670. The Morgan fingerprint density at radius 2 is 2.25 bits per heavy atom. The number of carboxylic acid groups (broad SMARTS) is 1. The lowest BCUT2D eigenvalue weighted by Gasteiger charge is -2.16. The van der Waals surface area contributed by atoms with E-state index in [0.29, 0.717) is 29.6 Å². The Hall–Kier alpha value is -1.69. The van der Waals surface area contributed by atoms with E-state index in [2.05, 4.69) is 9.97 Å². The number of nitrogens with zero attached hydrogens (tertiary/aromatic N) is 1. The molecular formula is C14H20N2O4. The molecule has 6 heteroatoms. The summed E-state index contributed by atoms with van der Waals surface area (Å²) in [4.78, 5) is 29.9. The first kappa shape index (κ1) is 14.7. The van der Waals surface area contributed by atoms with Gasteiger partial charge in [0.15, 0.2) is 0 Å². The van der Waals surface area contributed by atoms with Crippen LogP contribution in [-0.2, 0) is 16.0 Å². The zero-order valence-corrected chi connectivity index (χ0v) is 11.8. The van der Waals surface area contributed by atoms with Crippen LogP contribution >= 0.6 is 0 Å². The molecule has 0 aromatic carbocycles. The lowest BCUT2D eigenvalue weighted by Crippen LogP contribution is -2.23. The van der Waals surface area contributed by atoms with Gasteiger partial charge in [-0.25, -0.2) is 4.98 Å². The van der Waals surface area contributed by atoms with Crippen LogP contribution in [-0.4, -0.2) is 27.7 Å². The lowest BCUT2D eigenvalue weighted by molar-refractivity contribution is -0.136. The maximum Gasteiger partial charge on any atom is 0.303 e. The fourth-order valence-corrected chi connectivity index (χ4v) is 2.31. The highest BCUT2D eigenvalue weighted by molar-refractivity contribution is 5.67. The molecule has 1 fully saturated rings. The van der Waals surface area contributed by atoms with Gasteiger partial charge in [-0.05, 0) is 39.0 Å². The molecule has 110 valence electrons. The molecule has 0 radical (unpaired) electrons. The second-order valence-electron chi connectivity index (χ2n) is 5.12. The van der Waals surface area contributed by atoms with Crippen LogP contribution in [0.4, 0.5) is 0 Å². The molecule has 1 unspecified atom stereocenters. The third-order valence-corrected chi connectivity index (χ3v) is 3.50. The molecule has 2 N–H and O–H groups in total. The minimum atomic E-state index is -0.918. The Morgan fingerprint density at radius 1 is 1.55 bits per heavy atom. The lowest BCUT2D eigenvalue weighted by atomic mass is 10.1. The number of aliphatic carboxylic acids is 1. The highest BCUT2D eigenvalue weighted by Gasteiger charge is 2.34. The predicted molar refractivity (Wildman–Crippen MR) is 72.6 cm³/mol. The van der Waals surface area contributed by atoms with Crippen molar-refractivity contribution < 1.29 is 14.6 Å². The molecule has 1 aliphatic carbocycles. The van der Waals surface area contributed by atoms with Gasteiger partial charge in [-0.3, -0.25) is 9.59 Å². The molecule has 1 aromatic rings. The maximum absolute atomic E-state index is 12.1. The van der Waals surface area contributed by atoms with E-state index in [-0.39, 0.29) is 24.5 Å². The summed E-state index contributed by atoms with van der Waals surface area (Å²) >= 11 is 0. The molecular weight excluding hydrogens is 260 g/mol. The van der Waals surface area contributed by atoms with Crippen molar-refractivity contribution in [3.05, 3.63) is 27.4 Å². The van der Waals surface area contributed by atoms with Crippen LogP contribution in [0.5, 0.6) is 0 Å². The third kappa shape index (κ3) is 3.45. The van der Waals surface area contributed by atoms with Gasteiger partial charge >= 0.3 is 5.97 Å². The molecule has 0 bridgehead atoms. The topological polar surface area (TPSA) is 92.3 Å². The van der Waals surface area contributed by atoms with E-state index >= 15 is 0 Å². The van der Waals surface area contributed by atoms with Crippen molar-refractivity contribution in [3.8, 4) is 0 Å². The summed E-state index contributed by atoms with van der Waals surface area (Å²) in [6.07, 6.45) is 2.16. The zero-order chi connectivity index (χ0) is 14.7. The molecule has 1 aliphatic rings. The van der Waals surface area contributed by atoms with Gasteiger partial charge in [0.1, 0.15) is 11.9 Å². The van der Waals surface area contributed by atoms with Crippen molar-refractivity contribution in [2.75, 3.05) is 6.61 Å². The van der Waals surface area contributed by atoms with Gasteiger partial charge < -0.3 is 14.8 Å². The largest absolute Gasteiger partial charge is 0.481 e. The Kier molecular flexibility index (Phi) is 4.54. The quantitative estimate of drug-likeness (QED) is 0.791. The first-order chi connectivity index (χ1) is 9.52. The summed E-state index contributed by atoms with van der Waals surface area (Å²) in [6.45, 7) is 4.23. The van der Waals surface area contributed by atoms with Gasteiger partial charge in [0, 0.05) is 24.3 Å².